The Labute approximate surface area is 115 Å². The highest BCUT2D eigenvalue weighted by molar-refractivity contribution is 5.37. The summed E-state index contributed by atoms with van der Waals surface area (Å²) in [6.07, 6.45) is 2.85. The topological polar surface area (TPSA) is 16.4 Å². The molecule has 0 atom stereocenters. The van der Waals surface area contributed by atoms with E-state index in [1.165, 1.54) is 33.6 Å². The Bertz CT molecular complexity index is 574. The Kier molecular flexibility index (Phi) is 3.19. The van der Waals surface area contributed by atoms with Crippen LogP contribution in [-0.4, -0.2) is 11.4 Å². The molecule has 0 unspecified atom stereocenters. The van der Waals surface area contributed by atoms with Crippen molar-refractivity contribution in [3.8, 4) is 0 Å². The summed E-state index contributed by atoms with van der Waals surface area (Å²) in [4.78, 5) is 2.50. The van der Waals surface area contributed by atoms with Crippen molar-refractivity contribution in [1.82, 2.24) is 4.90 Å². The predicted molar refractivity (Wildman–Crippen MR) is 77.2 cm³/mol. The van der Waals surface area contributed by atoms with E-state index in [-0.39, 0.29) is 0 Å². The van der Waals surface area contributed by atoms with Gasteiger partial charge in [-0.2, -0.15) is 0 Å². The predicted octanol–water partition coefficient (Wildman–Crippen LogP) is 3.76. The van der Waals surface area contributed by atoms with E-state index in [0.29, 0.717) is 0 Å². The first kappa shape index (κ1) is 12.5. The van der Waals surface area contributed by atoms with Gasteiger partial charge in [-0.1, -0.05) is 12.1 Å². The fourth-order valence-electron chi connectivity index (χ4n) is 2.92. The first-order valence-corrected chi connectivity index (χ1v) is 6.98. The molecule has 0 bridgehead atoms. The molecule has 0 saturated carbocycles. The highest BCUT2D eigenvalue weighted by atomic mass is 16.3. The number of hydrogen-bond donors (Lipinski definition) is 0. The highest BCUT2D eigenvalue weighted by Gasteiger charge is 2.18. The smallest absolute Gasteiger partial charge is 0.109 e. The largest absolute Gasteiger partial charge is 0.469 e. The maximum atomic E-state index is 5.48. The van der Waals surface area contributed by atoms with E-state index in [0.717, 1.165) is 26.1 Å². The Hall–Kier alpha value is -1.54. The molecule has 2 heterocycles. The molecule has 2 aromatic rings. The zero-order chi connectivity index (χ0) is 13.4. The Balaban J connectivity index is 1.76. The molecule has 0 saturated heterocycles. The number of nitrogens with zero attached hydrogens (tertiary/aromatic N) is 1. The summed E-state index contributed by atoms with van der Waals surface area (Å²) in [7, 11) is 0. The number of hydrogen-bond acceptors (Lipinski definition) is 2. The van der Waals surface area contributed by atoms with Crippen molar-refractivity contribution in [2.45, 2.75) is 40.3 Å². The lowest BCUT2D eigenvalue weighted by molar-refractivity contribution is 0.234. The SMILES string of the molecule is Cc1cc(CN2CCc3occc3C2)cc(C)c1C. The molecule has 0 amide bonds. The molecule has 100 valence electrons. The number of furan rings is 1. The Morgan fingerprint density at radius 3 is 2.63 bits per heavy atom. The van der Waals surface area contributed by atoms with Crippen molar-refractivity contribution in [3.63, 3.8) is 0 Å². The minimum Gasteiger partial charge on any atom is -0.469 e. The fourth-order valence-corrected chi connectivity index (χ4v) is 2.92. The van der Waals surface area contributed by atoms with Gasteiger partial charge in [0.2, 0.25) is 0 Å². The van der Waals surface area contributed by atoms with Gasteiger partial charge in [0.1, 0.15) is 5.76 Å². The van der Waals surface area contributed by atoms with E-state index < -0.39 is 0 Å². The summed E-state index contributed by atoms with van der Waals surface area (Å²) < 4.78 is 5.48. The summed E-state index contributed by atoms with van der Waals surface area (Å²) in [5, 5.41) is 0. The van der Waals surface area contributed by atoms with Gasteiger partial charge in [-0.25, -0.2) is 0 Å². The van der Waals surface area contributed by atoms with E-state index >= 15 is 0 Å². The molecule has 19 heavy (non-hydrogen) atoms. The van der Waals surface area contributed by atoms with Crippen molar-refractivity contribution in [1.29, 1.82) is 0 Å². The van der Waals surface area contributed by atoms with Gasteiger partial charge in [0.25, 0.3) is 0 Å². The second kappa shape index (κ2) is 4.86. The average Bonchev–Trinajstić information content (AvgIpc) is 2.83. The lowest BCUT2D eigenvalue weighted by Crippen LogP contribution is -2.29. The lowest BCUT2D eigenvalue weighted by atomic mass is 10.00. The van der Waals surface area contributed by atoms with Crippen molar-refractivity contribution in [2.75, 3.05) is 6.54 Å². The molecule has 1 aliphatic heterocycles. The van der Waals surface area contributed by atoms with Gasteiger partial charge < -0.3 is 4.42 Å². The number of benzene rings is 1. The van der Waals surface area contributed by atoms with Crippen LogP contribution in [0.2, 0.25) is 0 Å². The van der Waals surface area contributed by atoms with Crippen LogP contribution in [0.3, 0.4) is 0 Å². The zero-order valence-corrected chi connectivity index (χ0v) is 12.0. The van der Waals surface area contributed by atoms with Crippen LogP contribution < -0.4 is 0 Å². The maximum absolute atomic E-state index is 5.48. The lowest BCUT2D eigenvalue weighted by Gasteiger charge is -2.26. The molecule has 0 N–H and O–H groups in total. The van der Waals surface area contributed by atoms with Gasteiger partial charge in [-0.15, -0.1) is 0 Å². The first-order valence-electron chi connectivity index (χ1n) is 6.98. The molecule has 1 aromatic heterocycles. The van der Waals surface area contributed by atoms with Crippen LogP contribution in [0.25, 0.3) is 0 Å². The van der Waals surface area contributed by atoms with Gasteiger partial charge >= 0.3 is 0 Å². The Morgan fingerprint density at radius 2 is 1.89 bits per heavy atom. The normalized spacial score (nSPS) is 15.5. The standard InChI is InChI=1S/C17H21NO/c1-12-8-15(9-13(2)14(12)3)10-18-6-4-17-16(11-18)5-7-19-17/h5,7-9H,4,6,10-11H2,1-3H3. The molecule has 3 rings (SSSR count). The first-order chi connectivity index (χ1) is 9.13. The van der Waals surface area contributed by atoms with Crippen LogP contribution in [0.4, 0.5) is 0 Å². The molecule has 0 spiro atoms. The van der Waals surface area contributed by atoms with E-state index in [1.54, 1.807) is 0 Å². The molecule has 1 aromatic carbocycles. The molecular formula is C17H21NO. The minimum absolute atomic E-state index is 1.01. The highest BCUT2D eigenvalue weighted by Crippen LogP contribution is 2.22. The maximum Gasteiger partial charge on any atom is 0.109 e. The van der Waals surface area contributed by atoms with Crippen LogP contribution >= 0.6 is 0 Å². The monoisotopic (exact) mass is 255 g/mol. The van der Waals surface area contributed by atoms with Crippen LogP contribution in [0, 0.1) is 20.8 Å². The number of rotatable bonds is 2. The molecule has 0 radical (unpaired) electrons. The van der Waals surface area contributed by atoms with Crippen LogP contribution in [0.1, 0.15) is 33.6 Å². The third-order valence-corrected chi connectivity index (χ3v) is 4.28. The van der Waals surface area contributed by atoms with Crippen molar-refractivity contribution >= 4 is 0 Å². The molecule has 0 fully saturated rings. The summed E-state index contributed by atoms with van der Waals surface area (Å²) >= 11 is 0. The zero-order valence-electron chi connectivity index (χ0n) is 12.0. The average molecular weight is 255 g/mol. The van der Waals surface area contributed by atoms with Gasteiger partial charge in [0.05, 0.1) is 6.26 Å². The quantitative estimate of drug-likeness (QED) is 0.812. The van der Waals surface area contributed by atoms with Crippen molar-refractivity contribution in [3.05, 3.63) is 58.0 Å². The fraction of sp³-hybridized carbons (Fsp3) is 0.412. The number of fused-ring (bicyclic) bond motifs is 1. The van der Waals surface area contributed by atoms with E-state index in [4.69, 9.17) is 4.42 Å². The summed E-state index contributed by atoms with van der Waals surface area (Å²) in [6, 6.07) is 6.76. The summed E-state index contributed by atoms with van der Waals surface area (Å²) in [5.41, 5.74) is 6.99. The Morgan fingerprint density at radius 1 is 1.16 bits per heavy atom. The van der Waals surface area contributed by atoms with Crippen LogP contribution in [0.5, 0.6) is 0 Å². The van der Waals surface area contributed by atoms with Crippen molar-refractivity contribution < 1.29 is 4.42 Å². The second-order valence-corrected chi connectivity index (χ2v) is 5.68. The van der Waals surface area contributed by atoms with E-state index in [1.807, 2.05) is 6.26 Å². The van der Waals surface area contributed by atoms with E-state index in [2.05, 4.69) is 43.9 Å². The van der Waals surface area contributed by atoms with Crippen molar-refractivity contribution in [2.24, 2.45) is 0 Å². The summed E-state index contributed by atoms with van der Waals surface area (Å²) in [6.45, 7) is 9.75. The summed E-state index contributed by atoms with van der Waals surface area (Å²) in [5.74, 6) is 1.17. The number of aryl methyl sites for hydroxylation is 2. The van der Waals surface area contributed by atoms with Crippen LogP contribution in [-0.2, 0) is 19.5 Å². The third kappa shape index (κ3) is 2.45. The van der Waals surface area contributed by atoms with Gasteiger partial charge in [-0.05, 0) is 49.1 Å². The molecule has 0 aliphatic carbocycles. The molecular weight excluding hydrogens is 234 g/mol. The third-order valence-electron chi connectivity index (χ3n) is 4.28. The van der Waals surface area contributed by atoms with Gasteiger partial charge in [0.15, 0.2) is 0 Å². The van der Waals surface area contributed by atoms with Crippen LogP contribution in [0.15, 0.2) is 28.9 Å². The second-order valence-electron chi connectivity index (χ2n) is 5.68. The molecule has 1 aliphatic rings. The molecule has 2 heteroatoms. The van der Waals surface area contributed by atoms with E-state index in [9.17, 15) is 0 Å². The van der Waals surface area contributed by atoms with Gasteiger partial charge in [-0.3, -0.25) is 4.90 Å². The minimum atomic E-state index is 1.01. The molecule has 2 nitrogen and oxygen atoms in total. The van der Waals surface area contributed by atoms with Gasteiger partial charge in [0, 0.05) is 31.6 Å².